The molecule has 0 saturated carbocycles. The highest BCUT2D eigenvalue weighted by Gasteiger charge is 2.23. The molecule has 108 valence electrons. The van der Waals surface area contributed by atoms with Gasteiger partial charge in [0, 0.05) is 10.2 Å². The van der Waals surface area contributed by atoms with Crippen LogP contribution in [-0.4, -0.2) is 14.8 Å². The molecule has 1 aliphatic rings. The van der Waals surface area contributed by atoms with Crippen LogP contribution in [0.4, 0.5) is 5.95 Å². The summed E-state index contributed by atoms with van der Waals surface area (Å²) in [6.45, 7) is 0. The smallest absolute Gasteiger partial charge is 0.226 e. The van der Waals surface area contributed by atoms with Crippen molar-refractivity contribution in [1.82, 2.24) is 14.8 Å². The zero-order chi connectivity index (χ0) is 14.9. The molecule has 0 unspecified atom stereocenters. The molecule has 0 bridgehead atoms. The van der Waals surface area contributed by atoms with Gasteiger partial charge in [-0.15, -0.1) is 0 Å². The lowest BCUT2D eigenvalue weighted by Gasteiger charge is -2.24. The molecule has 1 N–H and O–H groups in total. The Labute approximate surface area is 136 Å². The Balaban J connectivity index is 1.81. The normalized spacial score (nSPS) is 16.6. The molecule has 5 heteroatoms. The molecule has 0 radical (unpaired) electrons. The molecule has 2 heterocycles. The molecule has 2 aromatic carbocycles. The average Bonchev–Trinajstić information content (AvgIpc) is 3.04. The fourth-order valence-electron chi connectivity index (χ4n) is 2.62. The molecule has 0 aliphatic carbocycles. The summed E-state index contributed by atoms with van der Waals surface area (Å²) in [4.78, 5) is 4.32. The van der Waals surface area contributed by atoms with Gasteiger partial charge in [-0.3, -0.25) is 0 Å². The molecule has 4 nitrogen and oxygen atoms in total. The van der Waals surface area contributed by atoms with E-state index in [2.05, 4.69) is 61.7 Å². The summed E-state index contributed by atoms with van der Waals surface area (Å²) in [5.41, 5.74) is 3.36. The number of nitrogens with zero attached hydrogens (tertiary/aromatic N) is 3. The van der Waals surface area contributed by atoms with E-state index >= 15 is 0 Å². The van der Waals surface area contributed by atoms with Crippen molar-refractivity contribution in [2.45, 2.75) is 6.04 Å². The monoisotopic (exact) mass is 352 g/mol. The topological polar surface area (TPSA) is 42.7 Å². The summed E-state index contributed by atoms with van der Waals surface area (Å²) in [7, 11) is 0. The Morgan fingerprint density at radius 3 is 2.55 bits per heavy atom. The largest absolute Gasteiger partial charge is 0.324 e. The van der Waals surface area contributed by atoms with E-state index in [1.807, 2.05) is 35.0 Å². The van der Waals surface area contributed by atoms with E-state index in [0.717, 1.165) is 21.7 Å². The number of benzene rings is 2. The van der Waals surface area contributed by atoms with Gasteiger partial charge in [0.25, 0.3) is 0 Å². The Hall–Kier alpha value is -2.40. The van der Waals surface area contributed by atoms with Crippen molar-refractivity contribution >= 4 is 27.6 Å². The van der Waals surface area contributed by atoms with Gasteiger partial charge in [0.05, 0.1) is 0 Å². The van der Waals surface area contributed by atoms with Crippen LogP contribution in [0.15, 0.2) is 71.5 Å². The number of nitrogens with one attached hydrogen (secondary N) is 1. The van der Waals surface area contributed by atoms with Crippen LogP contribution in [0.2, 0.25) is 0 Å². The molecule has 3 aromatic rings. The van der Waals surface area contributed by atoms with Crippen LogP contribution in [0.25, 0.3) is 5.70 Å². The summed E-state index contributed by atoms with van der Waals surface area (Å²) in [6.07, 6.45) is 3.76. The summed E-state index contributed by atoms with van der Waals surface area (Å²) >= 11 is 3.48. The van der Waals surface area contributed by atoms with Gasteiger partial charge >= 0.3 is 0 Å². The highest BCUT2D eigenvalue weighted by Crippen LogP contribution is 2.32. The third-order valence-electron chi connectivity index (χ3n) is 3.70. The fourth-order valence-corrected chi connectivity index (χ4v) is 2.88. The van der Waals surface area contributed by atoms with Crippen LogP contribution in [0, 0.1) is 0 Å². The second-order valence-corrected chi connectivity index (χ2v) is 6.01. The summed E-state index contributed by atoms with van der Waals surface area (Å²) < 4.78 is 2.96. The van der Waals surface area contributed by atoms with Gasteiger partial charge in [-0.25, -0.2) is 4.68 Å². The van der Waals surface area contributed by atoms with Crippen LogP contribution < -0.4 is 5.32 Å². The third kappa shape index (κ3) is 2.33. The minimum absolute atomic E-state index is 0.0297. The lowest BCUT2D eigenvalue weighted by Crippen LogP contribution is -2.20. The maximum Gasteiger partial charge on any atom is 0.226 e. The average molecular weight is 353 g/mol. The Kier molecular flexibility index (Phi) is 3.27. The first-order chi connectivity index (χ1) is 10.8. The number of hydrogen-bond acceptors (Lipinski definition) is 3. The van der Waals surface area contributed by atoms with Crippen molar-refractivity contribution < 1.29 is 0 Å². The van der Waals surface area contributed by atoms with Gasteiger partial charge in [0.15, 0.2) is 0 Å². The second kappa shape index (κ2) is 5.42. The van der Waals surface area contributed by atoms with Crippen molar-refractivity contribution in [2.75, 3.05) is 5.32 Å². The molecule has 0 fully saturated rings. The molecule has 1 atom stereocenters. The Morgan fingerprint density at radius 2 is 1.77 bits per heavy atom. The first kappa shape index (κ1) is 13.3. The fraction of sp³-hybridized carbons (Fsp3) is 0.0588. The molecule has 0 spiro atoms. The number of fused-ring (bicyclic) bond motifs is 1. The lowest BCUT2D eigenvalue weighted by molar-refractivity contribution is 0.612. The van der Waals surface area contributed by atoms with Gasteiger partial charge in [-0.2, -0.15) is 10.1 Å². The molecular weight excluding hydrogens is 340 g/mol. The minimum atomic E-state index is 0.0297. The van der Waals surface area contributed by atoms with Crippen molar-refractivity contribution in [3.8, 4) is 0 Å². The van der Waals surface area contributed by atoms with Gasteiger partial charge in [-0.05, 0) is 29.3 Å². The number of rotatable bonds is 2. The summed E-state index contributed by atoms with van der Waals surface area (Å²) in [6, 6.07) is 18.6. The predicted octanol–water partition coefficient (Wildman–Crippen LogP) is 4.10. The van der Waals surface area contributed by atoms with E-state index in [9.17, 15) is 0 Å². The van der Waals surface area contributed by atoms with Gasteiger partial charge in [0.1, 0.15) is 12.4 Å². The number of hydrogen-bond donors (Lipinski definition) is 1. The van der Waals surface area contributed by atoms with Crippen LogP contribution in [0.1, 0.15) is 17.2 Å². The molecule has 4 rings (SSSR count). The molecule has 0 saturated heterocycles. The SMILES string of the molecule is Brc1ccc([C@@H]2C=C(c3ccccc3)Nc3ncnn32)cc1. The number of halogens is 1. The first-order valence-corrected chi connectivity index (χ1v) is 7.80. The number of anilines is 1. The third-order valence-corrected chi connectivity index (χ3v) is 4.23. The van der Waals surface area contributed by atoms with Crippen molar-refractivity contribution in [2.24, 2.45) is 0 Å². The first-order valence-electron chi connectivity index (χ1n) is 7.00. The summed E-state index contributed by atoms with van der Waals surface area (Å²) in [5.74, 6) is 0.759. The molecular formula is C17H13BrN4. The molecule has 22 heavy (non-hydrogen) atoms. The van der Waals surface area contributed by atoms with E-state index < -0.39 is 0 Å². The molecule has 0 amide bonds. The Bertz CT molecular complexity index is 821. The predicted molar refractivity (Wildman–Crippen MR) is 90.3 cm³/mol. The van der Waals surface area contributed by atoms with Gasteiger partial charge < -0.3 is 5.32 Å². The molecule has 1 aliphatic heterocycles. The highest BCUT2D eigenvalue weighted by atomic mass is 79.9. The number of aromatic nitrogens is 3. The maximum atomic E-state index is 4.35. The van der Waals surface area contributed by atoms with Crippen LogP contribution in [0.5, 0.6) is 0 Å². The van der Waals surface area contributed by atoms with Crippen molar-refractivity contribution in [1.29, 1.82) is 0 Å². The maximum absolute atomic E-state index is 4.35. The number of allylic oxidation sites excluding steroid dienone is 1. The minimum Gasteiger partial charge on any atom is -0.324 e. The standard InChI is InChI=1S/C17H13BrN4/c18-14-8-6-13(7-9-14)16-10-15(12-4-2-1-3-5-12)21-17-19-11-20-22(16)17/h1-11,16H,(H,19,20,21)/t16-/m0/s1. The highest BCUT2D eigenvalue weighted by molar-refractivity contribution is 9.10. The quantitative estimate of drug-likeness (QED) is 0.754. The van der Waals surface area contributed by atoms with E-state index in [1.54, 1.807) is 6.33 Å². The zero-order valence-electron chi connectivity index (χ0n) is 11.6. The van der Waals surface area contributed by atoms with Crippen LogP contribution in [0.3, 0.4) is 0 Å². The Morgan fingerprint density at radius 1 is 1.00 bits per heavy atom. The zero-order valence-corrected chi connectivity index (χ0v) is 13.2. The van der Waals surface area contributed by atoms with E-state index in [1.165, 1.54) is 5.56 Å². The lowest BCUT2D eigenvalue weighted by atomic mass is 10.0. The van der Waals surface area contributed by atoms with Crippen molar-refractivity contribution in [3.63, 3.8) is 0 Å². The van der Waals surface area contributed by atoms with Crippen molar-refractivity contribution in [3.05, 3.63) is 82.6 Å². The van der Waals surface area contributed by atoms with E-state index in [4.69, 9.17) is 0 Å². The van der Waals surface area contributed by atoms with Gasteiger partial charge in [0.2, 0.25) is 5.95 Å². The summed E-state index contributed by atoms with van der Waals surface area (Å²) in [5, 5.41) is 7.70. The van der Waals surface area contributed by atoms with Gasteiger partial charge in [-0.1, -0.05) is 58.4 Å². The van der Waals surface area contributed by atoms with E-state index in [0.29, 0.717) is 0 Å². The second-order valence-electron chi connectivity index (χ2n) is 5.10. The van der Waals surface area contributed by atoms with Crippen LogP contribution >= 0.6 is 15.9 Å². The molecule has 1 aromatic heterocycles. The van der Waals surface area contributed by atoms with Crippen LogP contribution in [-0.2, 0) is 0 Å². The van der Waals surface area contributed by atoms with E-state index in [-0.39, 0.29) is 6.04 Å².